The van der Waals surface area contributed by atoms with Crippen LogP contribution in [0.4, 0.5) is 5.69 Å². The lowest BCUT2D eigenvalue weighted by molar-refractivity contribution is -0.113. The molecule has 2 aromatic carbocycles. The minimum Gasteiger partial charge on any atom is -0.326 e. The standard InChI is InChI=1S/C15H16N2O3S/c16-10-12-5-4-6-13(9-12)17-15(18)11-21(19,20)14-7-2-1-3-8-14/h1-9H,10-11,16H2,(H,17,18). The van der Waals surface area contributed by atoms with Gasteiger partial charge in [0.25, 0.3) is 0 Å². The van der Waals surface area contributed by atoms with Crippen LogP contribution < -0.4 is 11.1 Å². The van der Waals surface area contributed by atoms with Crippen LogP contribution in [0.25, 0.3) is 0 Å². The fourth-order valence-electron chi connectivity index (χ4n) is 1.86. The molecule has 110 valence electrons. The topological polar surface area (TPSA) is 89.3 Å². The molecule has 5 nitrogen and oxygen atoms in total. The molecule has 0 atom stereocenters. The SMILES string of the molecule is NCc1cccc(NC(=O)CS(=O)(=O)c2ccccc2)c1. The highest BCUT2D eigenvalue weighted by Crippen LogP contribution is 2.13. The predicted molar refractivity (Wildman–Crippen MR) is 81.5 cm³/mol. The Morgan fingerprint density at radius 3 is 2.43 bits per heavy atom. The van der Waals surface area contributed by atoms with Crippen molar-refractivity contribution in [1.29, 1.82) is 0 Å². The number of amides is 1. The van der Waals surface area contributed by atoms with Crippen LogP contribution in [0.1, 0.15) is 5.56 Å². The van der Waals surface area contributed by atoms with Crippen LogP contribution in [-0.4, -0.2) is 20.1 Å². The number of carbonyl (C=O) groups is 1. The summed E-state index contributed by atoms with van der Waals surface area (Å²) in [6, 6.07) is 14.9. The molecule has 0 saturated heterocycles. The van der Waals surface area contributed by atoms with E-state index in [1.165, 1.54) is 12.1 Å². The zero-order valence-corrected chi connectivity index (χ0v) is 12.1. The molecule has 6 heteroatoms. The van der Waals surface area contributed by atoms with E-state index in [0.29, 0.717) is 12.2 Å². The van der Waals surface area contributed by atoms with Gasteiger partial charge in [-0.1, -0.05) is 30.3 Å². The summed E-state index contributed by atoms with van der Waals surface area (Å²) in [5.74, 6) is -1.17. The van der Waals surface area contributed by atoms with Gasteiger partial charge >= 0.3 is 0 Å². The first-order valence-corrected chi connectivity index (χ1v) is 8.03. The van der Waals surface area contributed by atoms with Gasteiger partial charge in [0.2, 0.25) is 5.91 Å². The first kappa shape index (κ1) is 15.2. The van der Waals surface area contributed by atoms with Gasteiger partial charge in [-0.15, -0.1) is 0 Å². The fraction of sp³-hybridized carbons (Fsp3) is 0.133. The third kappa shape index (κ3) is 4.14. The lowest BCUT2D eigenvalue weighted by Crippen LogP contribution is -2.23. The Bertz CT molecular complexity index is 728. The smallest absolute Gasteiger partial charge is 0.239 e. The van der Waals surface area contributed by atoms with Gasteiger partial charge < -0.3 is 11.1 Å². The maximum Gasteiger partial charge on any atom is 0.239 e. The second-order valence-electron chi connectivity index (χ2n) is 4.52. The number of sulfone groups is 1. The molecule has 0 aliphatic rings. The summed E-state index contributed by atoms with van der Waals surface area (Å²) < 4.78 is 24.2. The Labute approximate surface area is 123 Å². The average molecular weight is 304 g/mol. The van der Waals surface area contributed by atoms with E-state index in [-0.39, 0.29) is 4.90 Å². The largest absolute Gasteiger partial charge is 0.326 e. The third-order valence-corrected chi connectivity index (χ3v) is 4.50. The second kappa shape index (κ2) is 6.51. The van der Waals surface area contributed by atoms with Gasteiger partial charge in [-0.3, -0.25) is 4.79 Å². The van der Waals surface area contributed by atoms with Crippen molar-refractivity contribution in [1.82, 2.24) is 0 Å². The van der Waals surface area contributed by atoms with Crippen LogP contribution in [0.15, 0.2) is 59.5 Å². The quantitative estimate of drug-likeness (QED) is 0.877. The molecular formula is C15H16N2O3S. The Balaban J connectivity index is 2.08. The van der Waals surface area contributed by atoms with Crippen molar-refractivity contribution < 1.29 is 13.2 Å². The molecule has 0 spiro atoms. The maximum absolute atomic E-state index is 12.1. The number of anilines is 1. The normalized spacial score (nSPS) is 11.1. The lowest BCUT2D eigenvalue weighted by atomic mass is 10.2. The third-order valence-electron chi connectivity index (χ3n) is 2.87. The van der Waals surface area contributed by atoms with Crippen LogP contribution in [0.5, 0.6) is 0 Å². The highest BCUT2D eigenvalue weighted by molar-refractivity contribution is 7.92. The van der Waals surface area contributed by atoms with Crippen LogP contribution in [0, 0.1) is 0 Å². The summed E-state index contributed by atoms with van der Waals surface area (Å²) >= 11 is 0. The van der Waals surface area contributed by atoms with Crippen molar-refractivity contribution in [2.75, 3.05) is 11.1 Å². The van der Waals surface area contributed by atoms with Crippen molar-refractivity contribution >= 4 is 21.4 Å². The van der Waals surface area contributed by atoms with Gasteiger partial charge in [0.1, 0.15) is 5.75 Å². The summed E-state index contributed by atoms with van der Waals surface area (Å²) in [6.07, 6.45) is 0. The zero-order valence-electron chi connectivity index (χ0n) is 11.3. The number of hydrogen-bond acceptors (Lipinski definition) is 4. The zero-order chi connectivity index (χ0) is 15.3. The monoisotopic (exact) mass is 304 g/mol. The van der Waals surface area contributed by atoms with Gasteiger partial charge in [-0.05, 0) is 29.8 Å². The van der Waals surface area contributed by atoms with Crippen LogP contribution in [-0.2, 0) is 21.2 Å². The molecular weight excluding hydrogens is 288 g/mol. The molecule has 0 aromatic heterocycles. The number of benzene rings is 2. The van der Waals surface area contributed by atoms with Crippen molar-refractivity contribution in [2.24, 2.45) is 5.73 Å². The minimum absolute atomic E-state index is 0.135. The molecule has 0 heterocycles. The van der Waals surface area contributed by atoms with Crippen molar-refractivity contribution in [3.8, 4) is 0 Å². The summed E-state index contributed by atoms with van der Waals surface area (Å²) in [6.45, 7) is 0.353. The molecule has 0 radical (unpaired) electrons. The number of nitrogens with two attached hydrogens (primary N) is 1. The Morgan fingerprint density at radius 2 is 1.76 bits per heavy atom. The van der Waals surface area contributed by atoms with Gasteiger partial charge in [0, 0.05) is 12.2 Å². The van der Waals surface area contributed by atoms with Gasteiger partial charge in [-0.25, -0.2) is 8.42 Å². The Hall–Kier alpha value is -2.18. The van der Waals surface area contributed by atoms with Gasteiger partial charge in [0.15, 0.2) is 9.84 Å². The summed E-state index contributed by atoms with van der Waals surface area (Å²) in [7, 11) is -3.63. The molecule has 0 unspecified atom stereocenters. The number of hydrogen-bond donors (Lipinski definition) is 2. The van der Waals surface area contributed by atoms with E-state index in [0.717, 1.165) is 5.56 Å². The lowest BCUT2D eigenvalue weighted by Gasteiger charge is -2.07. The van der Waals surface area contributed by atoms with E-state index >= 15 is 0 Å². The fourth-order valence-corrected chi connectivity index (χ4v) is 3.01. The van der Waals surface area contributed by atoms with Crippen LogP contribution >= 0.6 is 0 Å². The van der Waals surface area contributed by atoms with E-state index in [1.807, 2.05) is 6.07 Å². The number of carbonyl (C=O) groups excluding carboxylic acids is 1. The summed E-state index contributed by atoms with van der Waals surface area (Å²) in [5, 5.41) is 2.57. The van der Waals surface area contributed by atoms with E-state index in [1.54, 1.807) is 36.4 Å². The number of rotatable bonds is 5. The first-order valence-electron chi connectivity index (χ1n) is 6.38. The molecule has 3 N–H and O–H groups in total. The molecule has 2 aromatic rings. The Kier molecular flexibility index (Phi) is 4.72. The summed E-state index contributed by atoms with van der Waals surface area (Å²) in [5.41, 5.74) is 6.91. The number of nitrogens with one attached hydrogen (secondary N) is 1. The van der Waals surface area contributed by atoms with Crippen molar-refractivity contribution in [3.05, 3.63) is 60.2 Å². The molecule has 21 heavy (non-hydrogen) atoms. The molecule has 0 aliphatic heterocycles. The predicted octanol–water partition coefficient (Wildman–Crippen LogP) is 1.56. The van der Waals surface area contributed by atoms with Crippen LogP contribution in [0.3, 0.4) is 0 Å². The molecule has 1 amide bonds. The van der Waals surface area contributed by atoms with Crippen LogP contribution in [0.2, 0.25) is 0 Å². The van der Waals surface area contributed by atoms with Gasteiger partial charge in [-0.2, -0.15) is 0 Å². The highest BCUT2D eigenvalue weighted by atomic mass is 32.2. The highest BCUT2D eigenvalue weighted by Gasteiger charge is 2.19. The first-order chi connectivity index (χ1) is 10.0. The Morgan fingerprint density at radius 1 is 1.05 bits per heavy atom. The molecule has 0 saturated carbocycles. The molecule has 2 rings (SSSR count). The summed E-state index contributed by atoms with van der Waals surface area (Å²) in [4.78, 5) is 12.0. The molecule has 0 bridgehead atoms. The van der Waals surface area contributed by atoms with Crippen molar-refractivity contribution in [3.63, 3.8) is 0 Å². The maximum atomic E-state index is 12.1. The van der Waals surface area contributed by atoms with Crippen molar-refractivity contribution in [2.45, 2.75) is 11.4 Å². The van der Waals surface area contributed by atoms with E-state index < -0.39 is 21.5 Å². The van der Waals surface area contributed by atoms with Gasteiger partial charge in [0.05, 0.1) is 4.90 Å². The average Bonchev–Trinajstić information content (AvgIpc) is 2.47. The minimum atomic E-state index is -3.63. The molecule has 0 aliphatic carbocycles. The molecule has 0 fully saturated rings. The van der Waals surface area contributed by atoms with E-state index in [4.69, 9.17) is 5.73 Å². The van der Waals surface area contributed by atoms with E-state index in [2.05, 4.69) is 5.32 Å². The van der Waals surface area contributed by atoms with E-state index in [9.17, 15) is 13.2 Å². The second-order valence-corrected chi connectivity index (χ2v) is 6.51.